The summed E-state index contributed by atoms with van der Waals surface area (Å²) in [6, 6.07) is 0. The van der Waals surface area contributed by atoms with Gasteiger partial charge < -0.3 is 34.3 Å². The number of hydrogen-bond acceptors (Lipinski definition) is 9. The maximum Gasteiger partial charge on any atom is 0.309 e. The number of aliphatic hydroxyl groups is 3. The van der Waals surface area contributed by atoms with Crippen LogP contribution in [0.3, 0.4) is 0 Å². The molecule has 9 heteroatoms. The summed E-state index contributed by atoms with van der Waals surface area (Å²) >= 11 is 0. The van der Waals surface area contributed by atoms with Crippen molar-refractivity contribution in [3.8, 4) is 0 Å². The van der Waals surface area contributed by atoms with Crippen LogP contribution in [0, 0.1) is 28.6 Å². The molecule has 5 rings (SSSR count). The van der Waals surface area contributed by atoms with Gasteiger partial charge in [-0.05, 0) is 58.8 Å². The molecule has 10 atom stereocenters. The van der Waals surface area contributed by atoms with Crippen molar-refractivity contribution in [3.05, 3.63) is 0 Å². The topological polar surface area (TPSA) is 132 Å². The molecule has 1 aliphatic heterocycles. The van der Waals surface area contributed by atoms with Crippen LogP contribution in [0.25, 0.3) is 0 Å². The number of fused-ring (bicyclic) bond motifs is 3. The molecule has 0 aromatic rings. The van der Waals surface area contributed by atoms with E-state index in [2.05, 4.69) is 0 Å². The molecule has 1 saturated heterocycles. The average molecular weight is 511 g/mol. The van der Waals surface area contributed by atoms with E-state index in [9.17, 15) is 24.9 Å². The molecule has 9 unspecified atom stereocenters. The van der Waals surface area contributed by atoms with Crippen molar-refractivity contribution in [1.82, 2.24) is 0 Å². The fraction of sp³-hybridized carbons (Fsp3) is 0.926. The van der Waals surface area contributed by atoms with Crippen molar-refractivity contribution in [1.29, 1.82) is 0 Å². The van der Waals surface area contributed by atoms with Crippen molar-refractivity contribution >= 4 is 11.9 Å². The molecule has 0 radical (unpaired) electrons. The minimum Gasteiger partial charge on any atom is -0.466 e. The summed E-state index contributed by atoms with van der Waals surface area (Å²) in [6.07, 6.45) is 0.652. The third kappa shape index (κ3) is 3.45. The number of esters is 2. The Morgan fingerprint density at radius 3 is 2.47 bits per heavy atom. The van der Waals surface area contributed by atoms with E-state index in [1.807, 2.05) is 20.8 Å². The van der Waals surface area contributed by atoms with Gasteiger partial charge in [0.05, 0.1) is 48.0 Å². The largest absolute Gasteiger partial charge is 0.466 e. The number of rotatable bonds is 3. The summed E-state index contributed by atoms with van der Waals surface area (Å²) in [4.78, 5) is 24.7. The van der Waals surface area contributed by atoms with Crippen LogP contribution < -0.4 is 0 Å². The van der Waals surface area contributed by atoms with E-state index < -0.39 is 63.9 Å². The second-order valence-corrected chi connectivity index (χ2v) is 12.7. The fourth-order valence-corrected chi connectivity index (χ4v) is 9.19. The van der Waals surface area contributed by atoms with Crippen molar-refractivity contribution in [2.45, 2.75) is 115 Å². The zero-order valence-electron chi connectivity index (χ0n) is 22.1. The Bertz CT molecular complexity index is 921. The average Bonchev–Trinajstić information content (AvgIpc) is 3.02. The molecule has 5 aliphatic rings. The Hall–Kier alpha value is -1.26. The van der Waals surface area contributed by atoms with E-state index in [0.29, 0.717) is 32.1 Å². The van der Waals surface area contributed by atoms with E-state index in [1.165, 1.54) is 6.92 Å². The molecule has 4 aliphatic carbocycles. The molecule has 1 heterocycles. The number of ether oxygens (including phenoxy) is 4. The molecular weight excluding hydrogens is 468 g/mol. The maximum atomic E-state index is 12.9. The molecule has 0 aromatic heterocycles. The van der Waals surface area contributed by atoms with Crippen LogP contribution in [-0.2, 0) is 28.5 Å². The van der Waals surface area contributed by atoms with Gasteiger partial charge in [-0.2, -0.15) is 0 Å². The van der Waals surface area contributed by atoms with Crippen LogP contribution in [0.5, 0.6) is 0 Å². The molecule has 204 valence electrons. The van der Waals surface area contributed by atoms with Crippen molar-refractivity contribution in [2.75, 3.05) is 13.2 Å². The van der Waals surface area contributed by atoms with Gasteiger partial charge in [-0.25, -0.2) is 0 Å². The Balaban J connectivity index is 1.57. The highest BCUT2D eigenvalue weighted by atomic mass is 16.7. The predicted octanol–water partition coefficient (Wildman–Crippen LogP) is 2.08. The zero-order valence-corrected chi connectivity index (χ0v) is 22.1. The molecule has 1 spiro atoms. The third-order valence-corrected chi connectivity index (χ3v) is 10.6. The lowest BCUT2D eigenvalue weighted by Gasteiger charge is -2.70. The van der Waals surface area contributed by atoms with Gasteiger partial charge in [-0.15, -0.1) is 0 Å². The van der Waals surface area contributed by atoms with Crippen LogP contribution in [0.2, 0.25) is 0 Å². The van der Waals surface area contributed by atoms with E-state index in [0.717, 1.165) is 0 Å². The Morgan fingerprint density at radius 2 is 1.81 bits per heavy atom. The minimum absolute atomic E-state index is 0.167. The van der Waals surface area contributed by atoms with Gasteiger partial charge in [0.25, 0.3) is 0 Å². The number of carbonyl (C=O) groups excluding carboxylic acids is 2. The molecule has 9 nitrogen and oxygen atoms in total. The second-order valence-electron chi connectivity index (χ2n) is 12.7. The Labute approximate surface area is 212 Å². The van der Waals surface area contributed by atoms with E-state index in [1.54, 1.807) is 6.92 Å². The molecule has 4 saturated carbocycles. The van der Waals surface area contributed by atoms with Gasteiger partial charge in [0.2, 0.25) is 0 Å². The summed E-state index contributed by atoms with van der Waals surface area (Å²) in [6.45, 7) is 9.11. The lowest BCUT2D eigenvalue weighted by Crippen LogP contribution is -2.78. The summed E-state index contributed by atoms with van der Waals surface area (Å²) < 4.78 is 23.5. The highest BCUT2D eigenvalue weighted by molar-refractivity contribution is 5.74. The summed E-state index contributed by atoms with van der Waals surface area (Å²) in [5, 5.41) is 36.4. The maximum absolute atomic E-state index is 12.9. The number of aliphatic hydroxyl groups excluding tert-OH is 1. The molecule has 0 aromatic carbocycles. The monoisotopic (exact) mass is 510 g/mol. The highest BCUT2D eigenvalue weighted by Crippen LogP contribution is 2.71. The Morgan fingerprint density at radius 1 is 1.08 bits per heavy atom. The van der Waals surface area contributed by atoms with Gasteiger partial charge in [0.1, 0.15) is 6.10 Å². The van der Waals surface area contributed by atoms with E-state index in [-0.39, 0.29) is 37.9 Å². The van der Waals surface area contributed by atoms with Crippen LogP contribution >= 0.6 is 0 Å². The zero-order chi connectivity index (χ0) is 26.3. The van der Waals surface area contributed by atoms with Gasteiger partial charge in [-0.3, -0.25) is 9.59 Å². The first-order valence-corrected chi connectivity index (χ1v) is 13.5. The van der Waals surface area contributed by atoms with Gasteiger partial charge >= 0.3 is 11.9 Å². The smallest absolute Gasteiger partial charge is 0.309 e. The van der Waals surface area contributed by atoms with Crippen LogP contribution in [0.4, 0.5) is 0 Å². The van der Waals surface area contributed by atoms with Crippen molar-refractivity contribution < 1.29 is 43.9 Å². The number of carbonyl (C=O) groups is 2. The molecule has 0 bridgehead atoms. The normalized spacial score (nSPS) is 51.2. The van der Waals surface area contributed by atoms with E-state index in [4.69, 9.17) is 18.9 Å². The summed E-state index contributed by atoms with van der Waals surface area (Å²) in [5.41, 5.74) is -4.33. The SMILES string of the molecule is CCOC(=O)C1CCC2(O)C3CCC4(O)CC(OC(C)=O)CC5OC(C)(C)OCC54C3[C@H](O)CC12C. The first-order chi connectivity index (χ1) is 16.7. The van der Waals surface area contributed by atoms with Crippen LogP contribution in [-0.4, -0.2) is 75.8 Å². The first-order valence-electron chi connectivity index (χ1n) is 13.5. The van der Waals surface area contributed by atoms with Crippen LogP contribution in [0.1, 0.15) is 79.6 Å². The standard InChI is InChI=1S/C27H42O9/c1-6-33-22(30)18-8-10-27(32)17-7-9-25(31)12-16(35-15(2)28)11-20-26(25,14-34-23(3,4)36-20)21(17)19(29)13-24(18,27)5/h16-21,29,31-32H,6-14H2,1-5H3/t16?,17?,18?,19-,20?,21?,24?,25?,26?,27?/m1/s1. The predicted molar refractivity (Wildman–Crippen MR) is 126 cm³/mol. The molecule has 5 fully saturated rings. The first kappa shape index (κ1) is 26.4. The minimum atomic E-state index is -1.31. The Kier molecular flexibility index (Phi) is 6.13. The lowest BCUT2D eigenvalue weighted by atomic mass is 9.40. The summed E-state index contributed by atoms with van der Waals surface area (Å²) in [5.74, 6) is -2.99. The summed E-state index contributed by atoms with van der Waals surface area (Å²) in [7, 11) is 0. The molecular formula is C27H42O9. The third-order valence-electron chi connectivity index (χ3n) is 10.6. The second kappa shape index (κ2) is 8.37. The quantitative estimate of drug-likeness (QED) is 0.488. The fourth-order valence-electron chi connectivity index (χ4n) is 9.19. The lowest BCUT2D eigenvalue weighted by molar-refractivity contribution is -0.401. The highest BCUT2D eigenvalue weighted by Gasteiger charge is 2.77. The van der Waals surface area contributed by atoms with Gasteiger partial charge in [0, 0.05) is 31.1 Å². The van der Waals surface area contributed by atoms with E-state index >= 15 is 0 Å². The van der Waals surface area contributed by atoms with Crippen LogP contribution in [0.15, 0.2) is 0 Å². The molecule has 3 N–H and O–H groups in total. The molecule has 0 amide bonds. The van der Waals surface area contributed by atoms with Gasteiger partial charge in [-0.1, -0.05) is 6.92 Å². The van der Waals surface area contributed by atoms with Gasteiger partial charge in [0.15, 0.2) is 5.79 Å². The molecule has 36 heavy (non-hydrogen) atoms. The van der Waals surface area contributed by atoms with Crippen molar-refractivity contribution in [3.63, 3.8) is 0 Å². The number of hydrogen-bond donors (Lipinski definition) is 3. The van der Waals surface area contributed by atoms with Crippen molar-refractivity contribution in [2.24, 2.45) is 28.6 Å².